The van der Waals surface area contributed by atoms with E-state index >= 15 is 0 Å². The number of hydrogen-bond acceptors (Lipinski definition) is 2. The lowest BCUT2D eigenvalue weighted by atomic mass is 10.00. The largest absolute Gasteiger partial charge is 0.306 e. The van der Waals surface area contributed by atoms with Crippen LogP contribution in [0.15, 0.2) is 28.1 Å². The average molecular weight is 363 g/mol. The van der Waals surface area contributed by atoms with Crippen LogP contribution < -0.4 is 5.32 Å². The fourth-order valence-electron chi connectivity index (χ4n) is 2.04. The molecule has 0 fully saturated rings. The summed E-state index contributed by atoms with van der Waals surface area (Å²) in [5.74, 6) is -0.207. The lowest BCUT2D eigenvalue weighted by molar-refractivity contribution is 0.613. The number of benzene rings is 1. The topological polar surface area (TPSA) is 12.0 Å². The van der Waals surface area contributed by atoms with E-state index in [4.69, 9.17) is 11.6 Å². The standard InChI is InChI=1S/C14H14BrClFNS/c1-3-18-13(12-7-11(16)14(15)19-12)10-5-4-9(17)6-8(10)2/h4-7,13,18H,3H2,1-2H3. The molecule has 1 aromatic heterocycles. The molecular weight excluding hydrogens is 349 g/mol. The van der Waals surface area contributed by atoms with Gasteiger partial charge in [-0.1, -0.05) is 24.6 Å². The highest BCUT2D eigenvalue weighted by atomic mass is 79.9. The van der Waals surface area contributed by atoms with Gasteiger partial charge in [-0.15, -0.1) is 11.3 Å². The van der Waals surface area contributed by atoms with Gasteiger partial charge in [0.25, 0.3) is 0 Å². The van der Waals surface area contributed by atoms with Gasteiger partial charge in [-0.3, -0.25) is 0 Å². The highest BCUT2D eigenvalue weighted by molar-refractivity contribution is 9.11. The lowest BCUT2D eigenvalue weighted by Gasteiger charge is -2.19. The molecular formula is C14H14BrClFNS. The highest BCUT2D eigenvalue weighted by Crippen LogP contribution is 2.38. The van der Waals surface area contributed by atoms with Crippen LogP contribution in [0.4, 0.5) is 4.39 Å². The van der Waals surface area contributed by atoms with E-state index < -0.39 is 0 Å². The Kier molecular flexibility index (Phi) is 5.01. The predicted molar refractivity (Wildman–Crippen MR) is 83.7 cm³/mol. The van der Waals surface area contributed by atoms with Gasteiger partial charge in [0, 0.05) is 4.88 Å². The van der Waals surface area contributed by atoms with Crippen molar-refractivity contribution < 1.29 is 4.39 Å². The number of rotatable bonds is 4. The van der Waals surface area contributed by atoms with Crippen molar-refractivity contribution in [1.82, 2.24) is 5.32 Å². The van der Waals surface area contributed by atoms with E-state index in [0.717, 1.165) is 26.3 Å². The molecule has 5 heteroatoms. The molecule has 0 amide bonds. The molecule has 1 unspecified atom stereocenters. The summed E-state index contributed by atoms with van der Waals surface area (Å²) in [6, 6.07) is 6.88. The summed E-state index contributed by atoms with van der Waals surface area (Å²) in [7, 11) is 0. The van der Waals surface area contributed by atoms with Crippen LogP contribution >= 0.6 is 38.9 Å². The number of thiophene rings is 1. The molecule has 0 bridgehead atoms. The summed E-state index contributed by atoms with van der Waals surface area (Å²) in [6.07, 6.45) is 0. The number of hydrogen-bond donors (Lipinski definition) is 1. The van der Waals surface area contributed by atoms with E-state index in [-0.39, 0.29) is 11.9 Å². The summed E-state index contributed by atoms with van der Waals surface area (Å²) < 4.78 is 14.1. The van der Waals surface area contributed by atoms with Gasteiger partial charge >= 0.3 is 0 Å². The Morgan fingerprint density at radius 1 is 1.42 bits per heavy atom. The van der Waals surface area contributed by atoms with Gasteiger partial charge in [0.05, 0.1) is 14.9 Å². The first-order valence-electron chi connectivity index (χ1n) is 5.97. The molecule has 0 spiro atoms. The van der Waals surface area contributed by atoms with Gasteiger partial charge in [0.2, 0.25) is 0 Å². The first-order chi connectivity index (χ1) is 9.02. The molecule has 1 atom stereocenters. The third kappa shape index (κ3) is 3.37. The van der Waals surface area contributed by atoms with Crippen LogP contribution in [0.1, 0.15) is 29.0 Å². The SMILES string of the molecule is CCNC(c1cc(Cl)c(Br)s1)c1ccc(F)cc1C. The van der Waals surface area contributed by atoms with Crippen LogP contribution in [-0.4, -0.2) is 6.54 Å². The second kappa shape index (κ2) is 6.35. The van der Waals surface area contributed by atoms with Crippen molar-refractivity contribution in [2.24, 2.45) is 0 Å². The molecule has 0 aliphatic heterocycles. The molecule has 1 N–H and O–H groups in total. The summed E-state index contributed by atoms with van der Waals surface area (Å²) in [6.45, 7) is 4.80. The minimum atomic E-state index is -0.207. The Morgan fingerprint density at radius 2 is 2.16 bits per heavy atom. The van der Waals surface area contributed by atoms with Crippen LogP contribution in [0.3, 0.4) is 0 Å². The van der Waals surface area contributed by atoms with E-state index in [0.29, 0.717) is 5.02 Å². The Balaban J connectivity index is 2.44. The van der Waals surface area contributed by atoms with Crippen molar-refractivity contribution in [2.75, 3.05) is 6.54 Å². The quantitative estimate of drug-likeness (QED) is 0.777. The lowest BCUT2D eigenvalue weighted by Crippen LogP contribution is -2.21. The van der Waals surface area contributed by atoms with Gasteiger partial charge in [-0.05, 0) is 58.7 Å². The van der Waals surface area contributed by atoms with E-state index in [1.54, 1.807) is 17.4 Å². The maximum absolute atomic E-state index is 13.2. The van der Waals surface area contributed by atoms with Gasteiger partial charge in [0.15, 0.2) is 0 Å². The molecule has 2 rings (SSSR count). The normalized spacial score (nSPS) is 12.7. The summed E-state index contributed by atoms with van der Waals surface area (Å²) in [4.78, 5) is 1.12. The fraction of sp³-hybridized carbons (Fsp3) is 0.286. The molecule has 0 saturated heterocycles. The fourth-order valence-corrected chi connectivity index (χ4v) is 3.88. The maximum atomic E-state index is 13.2. The Bertz CT molecular complexity index is 565. The molecule has 0 radical (unpaired) electrons. The first-order valence-corrected chi connectivity index (χ1v) is 7.95. The average Bonchev–Trinajstić information content (AvgIpc) is 2.67. The second-order valence-corrected chi connectivity index (χ2v) is 7.07. The molecule has 2 aromatic rings. The van der Waals surface area contributed by atoms with Crippen molar-refractivity contribution in [3.63, 3.8) is 0 Å². The third-order valence-electron chi connectivity index (χ3n) is 2.90. The zero-order valence-corrected chi connectivity index (χ0v) is 13.8. The van der Waals surface area contributed by atoms with Crippen LogP contribution in [0.5, 0.6) is 0 Å². The van der Waals surface area contributed by atoms with Gasteiger partial charge in [0.1, 0.15) is 5.82 Å². The number of nitrogens with one attached hydrogen (secondary N) is 1. The number of halogens is 3. The third-order valence-corrected chi connectivity index (χ3v) is 5.44. The van der Waals surface area contributed by atoms with Crippen LogP contribution in [0, 0.1) is 12.7 Å². The van der Waals surface area contributed by atoms with Crippen molar-refractivity contribution in [2.45, 2.75) is 19.9 Å². The van der Waals surface area contributed by atoms with Crippen LogP contribution in [0.2, 0.25) is 5.02 Å². The maximum Gasteiger partial charge on any atom is 0.123 e. The first kappa shape index (κ1) is 15.0. The highest BCUT2D eigenvalue weighted by Gasteiger charge is 2.19. The zero-order chi connectivity index (χ0) is 14.0. The van der Waals surface area contributed by atoms with Crippen molar-refractivity contribution in [1.29, 1.82) is 0 Å². The smallest absolute Gasteiger partial charge is 0.123 e. The summed E-state index contributed by atoms with van der Waals surface area (Å²) in [5.41, 5.74) is 2.01. The van der Waals surface area contributed by atoms with Gasteiger partial charge in [-0.25, -0.2) is 4.39 Å². The molecule has 0 aliphatic rings. The Labute approximate surface area is 129 Å². The van der Waals surface area contributed by atoms with E-state index in [9.17, 15) is 4.39 Å². The molecule has 1 nitrogen and oxygen atoms in total. The van der Waals surface area contributed by atoms with Crippen LogP contribution in [-0.2, 0) is 0 Å². The Hall–Kier alpha value is -0.420. The van der Waals surface area contributed by atoms with E-state index in [1.807, 2.05) is 19.1 Å². The summed E-state index contributed by atoms with van der Waals surface area (Å²) in [5, 5.41) is 4.14. The summed E-state index contributed by atoms with van der Waals surface area (Å²) >= 11 is 11.1. The molecule has 0 saturated carbocycles. The van der Waals surface area contributed by atoms with Crippen molar-refractivity contribution in [3.8, 4) is 0 Å². The molecule has 0 aliphatic carbocycles. The second-order valence-electron chi connectivity index (χ2n) is 4.26. The molecule has 19 heavy (non-hydrogen) atoms. The van der Waals surface area contributed by atoms with Gasteiger partial charge < -0.3 is 5.32 Å². The molecule has 1 heterocycles. The van der Waals surface area contributed by atoms with E-state index in [2.05, 4.69) is 28.2 Å². The van der Waals surface area contributed by atoms with Crippen molar-refractivity contribution in [3.05, 3.63) is 54.9 Å². The minimum Gasteiger partial charge on any atom is -0.306 e. The van der Waals surface area contributed by atoms with E-state index in [1.165, 1.54) is 6.07 Å². The molecule has 1 aromatic carbocycles. The van der Waals surface area contributed by atoms with Crippen LogP contribution in [0.25, 0.3) is 0 Å². The Morgan fingerprint density at radius 3 is 2.68 bits per heavy atom. The van der Waals surface area contributed by atoms with Crippen molar-refractivity contribution >= 4 is 38.9 Å². The van der Waals surface area contributed by atoms with Gasteiger partial charge in [-0.2, -0.15) is 0 Å². The predicted octanol–water partition coefficient (Wildman–Crippen LogP) is 5.31. The molecule has 102 valence electrons. The monoisotopic (exact) mass is 361 g/mol. The zero-order valence-electron chi connectivity index (χ0n) is 10.6. The minimum absolute atomic E-state index is 0.0411. The number of aryl methyl sites for hydroxylation is 1.